The summed E-state index contributed by atoms with van der Waals surface area (Å²) < 4.78 is 11.6. The molecule has 0 aliphatic heterocycles. The minimum atomic E-state index is -1.89. The van der Waals surface area contributed by atoms with Gasteiger partial charge in [-0.15, -0.1) is 0 Å². The van der Waals surface area contributed by atoms with Crippen molar-refractivity contribution < 1.29 is 24.2 Å². The van der Waals surface area contributed by atoms with E-state index < -0.39 is 20.4 Å². The fourth-order valence-electron chi connectivity index (χ4n) is 3.67. The van der Waals surface area contributed by atoms with E-state index in [-0.39, 0.29) is 29.1 Å². The summed E-state index contributed by atoms with van der Waals surface area (Å²) in [6, 6.07) is 0. The molecule has 0 aromatic carbocycles. The topological polar surface area (TPSA) is 76.0 Å². The molecule has 0 saturated heterocycles. The predicted octanol–water partition coefficient (Wildman–Crippen LogP) is 4.99. The summed E-state index contributed by atoms with van der Waals surface area (Å²) in [7, 11) is -1.89. The smallest absolute Gasteiger partial charge is 0.330 e. The maximum Gasteiger partial charge on any atom is 0.330 e. The number of aliphatic hydroxyl groups excluding tert-OH is 2. The third-order valence-corrected chi connectivity index (χ3v) is 11.0. The first-order valence-corrected chi connectivity index (χ1v) is 14.3. The Kier molecular flexibility index (Phi) is 11.0. The highest BCUT2D eigenvalue weighted by Gasteiger charge is 2.43. The normalized spacial score (nSPS) is 25.2. The van der Waals surface area contributed by atoms with Crippen LogP contribution < -0.4 is 0 Å². The molecule has 174 valence electrons. The van der Waals surface area contributed by atoms with Crippen molar-refractivity contribution in [1.82, 2.24) is 0 Å². The number of esters is 1. The van der Waals surface area contributed by atoms with Crippen LogP contribution in [0.5, 0.6) is 0 Å². The molecule has 0 aromatic rings. The van der Waals surface area contributed by atoms with Gasteiger partial charge in [0.2, 0.25) is 0 Å². The first-order chi connectivity index (χ1) is 13.9. The summed E-state index contributed by atoms with van der Waals surface area (Å²) in [5.74, 6) is -0.208. The van der Waals surface area contributed by atoms with E-state index in [0.717, 1.165) is 32.1 Å². The van der Waals surface area contributed by atoms with Crippen molar-refractivity contribution >= 4 is 14.3 Å². The highest BCUT2D eigenvalue weighted by Crippen LogP contribution is 2.43. The molecular weight excluding hydrogens is 396 g/mol. The molecule has 6 heteroatoms. The fraction of sp³-hybridized carbons (Fsp3) is 0.792. The van der Waals surface area contributed by atoms with E-state index in [9.17, 15) is 15.0 Å². The SMILES string of the molecule is CCOC(=O)/C=C/[C@@H](O)[C@@H]1C[C@@H](O[Si](C)(C)C(C)(C)C)C[C@H]1/C=C/CCC[C@H](C)O. The van der Waals surface area contributed by atoms with Crippen LogP contribution in [0.3, 0.4) is 0 Å². The van der Waals surface area contributed by atoms with Crippen LogP contribution in [0.25, 0.3) is 0 Å². The molecule has 5 atom stereocenters. The van der Waals surface area contributed by atoms with E-state index >= 15 is 0 Å². The number of allylic oxidation sites excluding steroid dienone is 2. The minimum Gasteiger partial charge on any atom is -0.463 e. The Morgan fingerprint density at radius 2 is 1.90 bits per heavy atom. The lowest BCUT2D eigenvalue weighted by atomic mass is 9.89. The molecule has 0 aromatic heterocycles. The lowest BCUT2D eigenvalue weighted by molar-refractivity contribution is -0.137. The van der Waals surface area contributed by atoms with Crippen molar-refractivity contribution in [2.24, 2.45) is 11.8 Å². The Balaban J connectivity index is 2.85. The highest BCUT2D eigenvalue weighted by atomic mass is 28.4. The van der Waals surface area contributed by atoms with Crippen LogP contribution in [-0.4, -0.2) is 49.4 Å². The van der Waals surface area contributed by atoms with E-state index in [4.69, 9.17) is 9.16 Å². The fourth-order valence-corrected chi connectivity index (χ4v) is 5.05. The molecule has 0 heterocycles. The highest BCUT2D eigenvalue weighted by molar-refractivity contribution is 6.74. The molecule has 0 bridgehead atoms. The second-order valence-electron chi connectivity index (χ2n) is 10.1. The van der Waals surface area contributed by atoms with Gasteiger partial charge >= 0.3 is 5.97 Å². The van der Waals surface area contributed by atoms with Crippen molar-refractivity contribution in [3.8, 4) is 0 Å². The van der Waals surface area contributed by atoms with E-state index in [1.54, 1.807) is 13.0 Å². The van der Waals surface area contributed by atoms with Gasteiger partial charge in [0.1, 0.15) is 0 Å². The van der Waals surface area contributed by atoms with Gasteiger partial charge in [0.25, 0.3) is 0 Å². The molecular formula is C24H44O5Si. The first kappa shape index (κ1) is 27.1. The zero-order chi connectivity index (χ0) is 22.9. The van der Waals surface area contributed by atoms with Crippen LogP contribution >= 0.6 is 0 Å². The Hall–Kier alpha value is -0.953. The third-order valence-electron chi connectivity index (χ3n) is 6.42. The van der Waals surface area contributed by atoms with Crippen molar-refractivity contribution in [3.05, 3.63) is 24.3 Å². The average Bonchev–Trinajstić information content (AvgIpc) is 3.00. The minimum absolute atomic E-state index is 0.0125. The Morgan fingerprint density at radius 1 is 1.23 bits per heavy atom. The van der Waals surface area contributed by atoms with Gasteiger partial charge in [0.15, 0.2) is 8.32 Å². The van der Waals surface area contributed by atoms with E-state index in [1.807, 2.05) is 6.92 Å². The zero-order valence-electron chi connectivity index (χ0n) is 20.1. The second kappa shape index (κ2) is 12.2. The zero-order valence-corrected chi connectivity index (χ0v) is 21.1. The van der Waals surface area contributed by atoms with Gasteiger partial charge in [0.05, 0.1) is 18.8 Å². The van der Waals surface area contributed by atoms with E-state index in [1.165, 1.54) is 6.08 Å². The molecule has 30 heavy (non-hydrogen) atoms. The second-order valence-corrected chi connectivity index (χ2v) is 14.9. The summed E-state index contributed by atoms with van der Waals surface area (Å²) in [5, 5.41) is 20.3. The Morgan fingerprint density at radius 3 is 2.47 bits per heavy atom. The van der Waals surface area contributed by atoms with Gasteiger partial charge in [-0.3, -0.25) is 0 Å². The van der Waals surface area contributed by atoms with Crippen LogP contribution in [0.15, 0.2) is 24.3 Å². The summed E-state index contributed by atoms with van der Waals surface area (Å²) in [6.45, 7) is 15.1. The lowest BCUT2D eigenvalue weighted by Gasteiger charge is -2.38. The average molecular weight is 441 g/mol. The maximum absolute atomic E-state index is 11.6. The molecule has 0 amide bonds. The maximum atomic E-state index is 11.6. The number of hydrogen-bond donors (Lipinski definition) is 2. The van der Waals surface area contributed by atoms with Crippen molar-refractivity contribution in [2.45, 2.75) is 103 Å². The molecule has 0 radical (unpaired) electrons. The predicted molar refractivity (Wildman–Crippen MR) is 125 cm³/mol. The van der Waals surface area contributed by atoms with Crippen molar-refractivity contribution in [2.75, 3.05) is 6.61 Å². The van der Waals surface area contributed by atoms with Gasteiger partial charge in [-0.25, -0.2) is 4.79 Å². The monoisotopic (exact) mass is 440 g/mol. The number of carbonyl (C=O) groups is 1. The number of unbranched alkanes of at least 4 members (excludes halogenated alkanes) is 1. The van der Waals surface area contributed by atoms with Gasteiger partial charge in [-0.2, -0.15) is 0 Å². The molecule has 1 fully saturated rings. The van der Waals surface area contributed by atoms with Crippen molar-refractivity contribution in [1.29, 1.82) is 0 Å². The summed E-state index contributed by atoms with van der Waals surface area (Å²) >= 11 is 0. The van der Waals surface area contributed by atoms with E-state index in [2.05, 4.69) is 46.0 Å². The summed E-state index contributed by atoms with van der Waals surface area (Å²) in [5.41, 5.74) is 0. The molecule has 0 unspecified atom stereocenters. The lowest BCUT2D eigenvalue weighted by Crippen LogP contribution is -2.43. The van der Waals surface area contributed by atoms with Crippen LogP contribution in [-0.2, 0) is 14.0 Å². The molecule has 2 N–H and O–H groups in total. The Bertz CT molecular complexity index is 577. The number of ether oxygens (including phenoxy) is 1. The van der Waals surface area contributed by atoms with E-state index in [0.29, 0.717) is 6.61 Å². The first-order valence-electron chi connectivity index (χ1n) is 11.4. The third kappa shape index (κ3) is 9.04. The number of aliphatic hydroxyl groups is 2. The van der Waals surface area contributed by atoms with Gasteiger partial charge in [-0.1, -0.05) is 32.9 Å². The summed E-state index contributed by atoms with van der Waals surface area (Å²) in [6.07, 6.45) is 10.7. The molecule has 1 aliphatic carbocycles. The van der Waals surface area contributed by atoms with Crippen LogP contribution in [0.1, 0.15) is 66.7 Å². The standard InChI is InChI=1S/C24H44O5Si/c1-8-28-23(27)15-14-22(26)21-17-20(29-30(6,7)24(3,4)5)16-19(21)13-11-9-10-12-18(2)25/h11,13-15,18-22,25-26H,8-10,12,16-17H2,1-7H3/b13-11+,15-14+/t18-,19+,20-,21+,22+/m0/s1. The number of carbonyl (C=O) groups excluding carboxylic acids is 1. The van der Waals surface area contributed by atoms with Crippen LogP contribution in [0.4, 0.5) is 0 Å². The largest absolute Gasteiger partial charge is 0.463 e. The molecule has 5 nitrogen and oxygen atoms in total. The molecule has 0 spiro atoms. The Labute approximate surface area is 184 Å². The van der Waals surface area contributed by atoms with Crippen LogP contribution in [0, 0.1) is 11.8 Å². The van der Waals surface area contributed by atoms with Gasteiger partial charge < -0.3 is 19.4 Å². The molecule has 1 saturated carbocycles. The van der Waals surface area contributed by atoms with Gasteiger partial charge in [0, 0.05) is 12.2 Å². The number of rotatable bonds is 11. The summed E-state index contributed by atoms with van der Waals surface area (Å²) in [4.78, 5) is 11.6. The van der Waals surface area contributed by atoms with Crippen LogP contribution in [0.2, 0.25) is 18.1 Å². The van der Waals surface area contributed by atoms with Gasteiger partial charge in [-0.05, 0) is 82.0 Å². The number of hydrogen-bond acceptors (Lipinski definition) is 5. The molecule has 1 rings (SSSR count). The molecule has 1 aliphatic rings. The quantitative estimate of drug-likeness (QED) is 0.156. The van der Waals surface area contributed by atoms with Crippen molar-refractivity contribution in [3.63, 3.8) is 0 Å².